The van der Waals surface area contributed by atoms with E-state index in [4.69, 9.17) is 4.98 Å². The first kappa shape index (κ1) is 17.6. The summed E-state index contributed by atoms with van der Waals surface area (Å²) in [6.07, 6.45) is 1.86. The van der Waals surface area contributed by atoms with Crippen molar-refractivity contribution < 1.29 is 4.79 Å². The third-order valence-corrected chi connectivity index (χ3v) is 5.11. The molecule has 0 saturated carbocycles. The summed E-state index contributed by atoms with van der Waals surface area (Å²) in [5, 5.41) is 5.07. The number of benzene rings is 1. The summed E-state index contributed by atoms with van der Waals surface area (Å²) >= 11 is 1.55. The molecule has 1 aromatic carbocycles. The molecular formula is C18H23N5OS. The van der Waals surface area contributed by atoms with Crippen LogP contribution >= 0.6 is 11.3 Å². The quantitative estimate of drug-likeness (QED) is 0.705. The molecule has 0 fully saturated rings. The molecule has 0 saturated heterocycles. The van der Waals surface area contributed by atoms with Crippen LogP contribution in [0.1, 0.15) is 21.6 Å². The van der Waals surface area contributed by atoms with Gasteiger partial charge in [-0.15, -0.1) is 0 Å². The lowest BCUT2D eigenvalue weighted by Gasteiger charge is -2.21. The minimum absolute atomic E-state index is 0.100. The number of likely N-dealkylation sites (N-methyl/N-ethyl adjacent to an activating group) is 1. The Morgan fingerprint density at radius 1 is 1.20 bits per heavy atom. The molecule has 0 spiro atoms. The Bertz CT molecular complexity index is 911. The number of anilines is 1. The summed E-state index contributed by atoms with van der Waals surface area (Å²) in [4.78, 5) is 21.7. The first-order valence-corrected chi connectivity index (χ1v) is 9.01. The molecule has 0 unspecified atom stereocenters. The van der Waals surface area contributed by atoms with Crippen molar-refractivity contribution in [3.05, 3.63) is 41.2 Å². The maximum absolute atomic E-state index is 13.2. The number of thiazole rings is 1. The van der Waals surface area contributed by atoms with E-state index in [9.17, 15) is 4.79 Å². The lowest BCUT2D eigenvalue weighted by Crippen LogP contribution is -2.37. The maximum atomic E-state index is 13.2. The molecule has 2 aromatic heterocycles. The minimum Gasteiger partial charge on any atom is -0.308 e. The fourth-order valence-corrected chi connectivity index (χ4v) is 3.79. The Morgan fingerprint density at radius 3 is 2.56 bits per heavy atom. The van der Waals surface area contributed by atoms with Crippen molar-refractivity contribution in [2.45, 2.75) is 13.8 Å². The lowest BCUT2D eigenvalue weighted by atomic mass is 10.2. The van der Waals surface area contributed by atoms with Crippen LogP contribution in [0.3, 0.4) is 0 Å². The molecule has 0 N–H and O–H groups in total. The Hall–Kier alpha value is -2.25. The highest BCUT2D eigenvalue weighted by Crippen LogP contribution is 2.31. The average Bonchev–Trinajstić information content (AvgIpc) is 3.11. The van der Waals surface area contributed by atoms with Crippen LogP contribution in [-0.2, 0) is 7.05 Å². The third kappa shape index (κ3) is 3.57. The molecular weight excluding hydrogens is 334 g/mol. The van der Waals surface area contributed by atoms with Gasteiger partial charge in [0.2, 0.25) is 0 Å². The molecule has 0 radical (unpaired) electrons. The number of carbonyl (C=O) groups is 1. The Morgan fingerprint density at radius 2 is 1.96 bits per heavy atom. The first-order valence-electron chi connectivity index (χ1n) is 8.20. The van der Waals surface area contributed by atoms with Crippen molar-refractivity contribution in [3.8, 4) is 0 Å². The van der Waals surface area contributed by atoms with E-state index < -0.39 is 0 Å². The van der Waals surface area contributed by atoms with Gasteiger partial charge < -0.3 is 4.90 Å². The molecule has 0 aliphatic carbocycles. The number of carbonyl (C=O) groups excluding carboxylic acids is 1. The largest absolute Gasteiger partial charge is 0.308 e. The van der Waals surface area contributed by atoms with Crippen molar-refractivity contribution in [2.75, 3.05) is 32.1 Å². The Balaban J connectivity index is 2.02. The van der Waals surface area contributed by atoms with E-state index in [0.29, 0.717) is 12.2 Å². The van der Waals surface area contributed by atoms with Crippen LogP contribution in [0.5, 0.6) is 0 Å². The lowest BCUT2D eigenvalue weighted by molar-refractivity contribution is 0.0979. The van der Waals surface area contributed by atoms with Crippen molar-refractivity contribution >= 4 is 32.6 Å². The van der Waals surface area contributed by atoms with E-state index in [1.807, 2.05) is 59.4 Å². The number of aromatic nitrogens is 3. The highest BCUT2D eigenvalue weighted by Gasteiger charge is 2.25. The Kier molecular flexibility index (Phi) is 4.87. The fourth-order valence-electron chi connectivity index (χ4n) is 2.72. The number of para-hydroxylation sites is 1. The van der Waals surface area contributed by atoms with Gasteiger partial charge in [0.05, 0.1) is 10.2 Å². The molecule has 1 amide bonds. The van der Waals surface area contributed by atoms with E-state index in [2.05, 4.69) is 10.00 Å². The van der Waals surface area contributed by atoms with Gasteiger partial charge in [-0.2, -0.15) is 5.10 Å². The van der Waals surface area contributed by atoms with Gasteiger partial charge in [-0.25, -0.2) is 4.98 Å². The van der Waals surface area contributed by atoms with Crippen LogP contribution in [0.2, 0.25) is 0 Å². The van der Waals surface area contributed by atoms with E-state index in [1.165, 1.54) is 0 Å². The summed E-state index contributed by atoms with van der Waals surface area (Å²) in [5.74, 6) is -0.100. The molecule has 0 aliphatic rings. The molecule has 3 rings (SSSR count). The average molecular weight is 357 g/mol. The molecule has 132 valence electrons. The van der Waals surface area contributed by atoms with Crippen LogP contribution in [0.4, 0.5) is 5.13 Å². The van der Waals surface area contributed by atoms with E-state index >= 15 is 0 Å². The maximum Gasteiger partial charge on any atom is 0.280 e. The van der Waals surface area contributed by atoms with E-state index in [-0.39, 0.29) is 5.91 Å². The molecule has 0 aliphatic heterocycles. The fraction of sp³-hybridized carbons (Fsp3) is 0.389. The van der Waals surface area contributed by atoms with Crippen LogP contribution in [0, 0.1) is 13.8 Å². The monoisotopic (exact) mass is 357 g/mol. The molecule has 7 heteroatoms. The second-order valence-electron chi connectivity index (χ2n) is 6.51. The number of fused-ring (bicyclic) bond motifs is 1. The third-order valence-electron chi connectivity index (χ3n) is 4.07. The second-order valence-corrected chi connectivity index (χ2v) is 7.52. The molecule has 0 bridgehead atoms. The topological polar surface area (TPSA) is 54.3 Å². The number of aryl methyl sites for hydroxylation is 3. The molecule has 3 aromatic rings. The number of hydrogen-bond acceptors (Lipinski definition) is 5. The van der Waals surface area contributed by atoms with E-state index in [0.717, 1.165) is 33.0 Å². The van der Waals surface area contributed by atoms with Gasteiger partial charge in [0.15, 0.2) is 10.8 Å². The number of nitrogens with zero attached hydrogens (tertiary/aromatic N) is 5. The van der Waals surface area contributed by atoms with Gasteiger partial charge in [-0.05, 0) is 39.6 Å². The van der Waals surface area contributed by atoms with Crippen LogP contribution < -0.4 is 4.90 Å². The number of amides is 1. The highest BCUT2D eigenvalue weighted by atomic mass is 32.1. The summed E-state index contributed by atoms with van der Waals surface area (Å²) in [6.45, 7) is 5.28. The SMILES string of the molecule is Cc1cn(C)nc1C(=O)N(CCN(C)C)c1nc2c(C)cccc2s1. The molecule has 0 atom stereocenters. The number of rotatable bonds is 5. The standard InChI is InChI=1S/C18H23N5OS/c1-12-7-6-8-14-15(12)19-18(25-14)23(10-9-21(3)4)17(24)16-13(2)11-22(5)20-16/h6-8,11H,9-10H2,1-5H3. The van der Waals surface area contributed by atoms with Crippen LogP contribution in [0.15, 0.2) is 24.4 Å². The predicted molar refractivity (Wildman–Crippen MR) is 103 cm³/mol. The zero-order chi connectivity index (χ0) is 18.1. The van der Waals surface area contributed by atoms with Crippen molar-refractivity contribution in [3.63, 3.8) is 0 Å². The first-order chi connectivity index (χ1) is 11.9. The van der Waals surface area contributed by atoms with Gasteiger partial charge in [0.25, 0.3) is 5.91 Å². The van der Waals surface area contributed by atoms with Crippen LogP contribution in [-0.4, -0.2) is 52.8 Å². The summed E-state index contributed by atoms with van der Waals surface area (Å²) < 4.78 is 2.77. The van der Waals surface area contributed by atoms with Crippen molar-refractivity contribution in [1.29, 1.82) is 0 Å². The highest BCUT2D eigenvalue weighted by molar-refractivity contribution is 7.22. The molecule has 6 nitrogen and oxygen atoms in total. The Labute approximate surface area is 151 Å². The summed E-state index contributed by atoms with van der Waals surface area (Å²) in [5.41, 5.74) is 3.44. The van der Waals surface area contributed by atoms with Gasteiger partial charge in [-0.3, -0.25) is 14.4 Å². The van der Waals surface area contributed by atoms with Gasteiger partial charge in [-0.1, -0.05) is 23.5 Å². The van der Waals surface area contributed by atoms with Crippen LogP contribution in [0.25, 0.3) is 10.2 Å². The molecule has 25 heavy (non-hydrogen) atoms. The van der Waals surface area contributed by atoms with Crippen molar-refractivity contribution in [1.82, 2.24) is 19.7 Å². The normalized spacial score (nSPS) is 11.4. The van der Waals surface area contributed by atoms with E-state index in [1.54, 1.807) is 20.9 Å². The minimum atomic E-state index is -0.100. The summed E-state index contributed by atoms with van der Waals surface area (Å²) in [7, 11) is 5.82. The molecule has 2 heterocycles. The summed E-state index contributed by atoms with van der Waals surface area (Å²) in [6, 6.07) is 6.11. The van der Waals surface area contributed by atoms with Crippen molar-refractivity contribution in [2.24, 2.45) is 7.05 Å². The van der Waals surface area contributed by atoms with Gasteiger partial charge in [0.1, 0.15) is 0 Å². The number of hydrogen-bond donors (Lipinski definition) is 0. The zero-order valence-corrected chi connectivity index (χ0v) is 16.1. The van der Waals surface area contributed by atoms with Gasteiger partial charge in [0, 0.05) is 31.9 Å². The smallest absolute Gasteiger partial charge is 0.280 e. The zero-order valence-electron chi connectivity index (χ0n) is 15.3. The second kappa shape index (κ2) is 6.93. The van der Waals surface area contributed by atoms with Gasteiger partial charge >= 0.3 is 0 Å². The predicted octanol–water partition coefficient (Wildman–Crippen LogP) is 2.86.